The van der Waals surface area contributed by atoms with Crippen molar-refractivity contribution in [3.63, 3.8) is 0 Å². The van der Waals surface area contributed by atoms with Crippen LogP contribution in [-0.4, -0.2) is 16.4 Å². The molecule has 0 fully saturated rings. The molecule has 1 aromatic carbocycles. The molecule has 0 amide bonds. The van der Waals surface area contributed by atoms with Crippen molar-refractivity contribution < 1.29 is 0 Å². The number of nitrogens with zero attached hydrogens (tertiary/aromatic N) is 2. The van der Waals surface area contributed by atoms with E-state index in [2.05, 4.69) is 14.7 Å². The van der Waals surface area contributed by atoms with Crippen LogP contribution < -0.4 is 5.32 Å². The summed E-state index contributed by atoms with van der Waals surface area (Å²) < 4.78 is 2.06. The predicted molar refractivity (Wildman–Crippen MR) is 75.2 cm³/mol. The summed E-state index contributed by atoms with van der Waals surface area (Å²) in [5.41, 5.74) is 3.17. The monoisotopic (exact) mass is 257 g/mol. The third kappa shape index (κ3) is 1.83. The summed E-state index contributed by atoms with van der Waals surface area (Å²) in [5.74, 6) is 0.916. The predicted octanol–water partition coefficient (Wildman–Crippen LogP) is 3.70. The van der Waals surface area contributed by atoms with Crippen LogP contribution in [-0.2, 0) is 0 Å². The van der Waals surface area contributed by atoms with Crippen LogP contribution in [0.1, 0.15) is 0 Å². The molecule has 0 aliphatic heterocycles. The van der Waals surface area contributed by atoms with Gasteiger partial charge in [-0.3, -0.25) is 4.40 Å². The molecule has 90 valence electrons. The number of rotatable bonds is 2. The van der Waals surface area contributed by atoms with Gasteiger partial charge in [-0.25, -0.2) is 4.98 Å². The highest BCUT2D eigenvalue weighted by atomic mass is 35.5. The number of imidazole rings is 1. The van der Waals surface area contributed by atoms with E-state index in [-0.39, 0.29) is 0 Å². The van der Waals surface area contributed by atoms with Crippen LogP contribution in [0.15, 0.2) is 48.8 Å². The van der Waals surface area contributed by atoms with Crippen LogP contribution in [0.25, 0.3) is 16.9 Å². The molecule has 2 aromatic heterocycles. The minimum absolute atomic E-state index is 0.732. The zero-order valence-electron chi connectivity index (χ0n) is 9.89. The van der Waals surface area contributed by atoms with Crippen LogP contribution in [0.5, 0.6) is 0 Å². The molecule has 18 heavy (non-hydrogen) atoms. The third-order valence-electron chi connectivity index (χ3n) is 2.92. The lowest BCUT2D eigenvalue weighted by Gasteiger charge is -2.04. The van der Waals surface area contributed by atoms with E-state index in [0.29, 0.717) is 0 Å². The molecule has 0 radical (unpaired) electrons. The van der Waals surface area contributed by atoms with E-state index in [4.69, 9.17) is 11.6 Å². The molecule has 0 bridgehead atoms. The van der Waals surface area contributed by atoms with Crippen molar-refractivity contribution in [2.75, 3.05) is 12.4 Å². The van der Waals surface area contributed by atoms with Crippen LogP contribution in [0.3, 0.4) is 0 Å². The van der Waals surface area contributed by atoms with Gasteiger partial charge in [-0.15, -0.1) is 0 Å². The Balaban J connectivity index is 2.19. The lowest BCUT2D eigenvalue weighted by atomic mass is 10.2. The Morgan fingerprint density at radius 3 is 2.61 bits per heavy atom. The number of anilines is 1. The van der Waals surface area contributed by atoms with Gasteiger partial charge in [0.05, 0.1) is 17.4 Å². The van der Waals surface area contributed by atoms with Gasteiger partial charge in [-0.1, -0.05) is 11.6 Å². The average Bonchev–Trinajstić information content (AvgIpc) is 2.82. The van der Waals surface area contributed by atoms with E-state index in [1.165, 1.54) is 0 Å². The second-order valence-corrected chi connectivity index (χ2v) is 4.49. The van der Waals surface area contributed by atoms with Gasteiger partial charge < -0.3 is 5.32 Å². The molecule has 0 atom stereocenters. The lowest BCUT2D eigenvalue weighted by Crippen LogP contribution is -1.93. The summed E-state index contributed by atoms with van der Waals surface area (Å²) in [5, 5.41) is 3.86. The molecule has 0 spiro atoms. The first kappa shape index (κ1) is 11.1. The quantitative estimate of drug-likeness (QED) is 0.759. The van der Waals surface area contributed by atoms with E-state index >= 15 is 0 Å². The Labute approximate surface area is 110 Å². The zero-order valence-corrected chi connectivity index (χ0v) is 10.6. The van der Waals surface area contributed by atoms with Crippen molar-refractivity contribution in [2.45, 2.75) is 0 Å². The average molecular weight is 258 g/mol. The number of hydrogen-bond donors (Lipinski definition) is 1. The topological polar surface area (TPSA) is 29.3 Å². The van der Waals surface area contributed by atoms with Crippen molar-refractivity contribution in [2.24, 2.45) is 0 Å². The van der Waals surface area contributed by atoms with Crippen molar-refractivity contribution in [3.05, 3.63) is 53.8 Å². The SMILES string of the molecule is CNc1ccc2cnc(-c3ccc(Cl)cc3)n2c1. The number of nitrogens with one attached hydrogen (secondary N) is 1. The van der Waals surface area contributed by atoms with Gasteiger partial charge in [0.15, 0.2) is 0 Å². The second kappa shape index (κ2) is 4.35. The molecule has 2 heterocycles. The van der Waals surface area contributed by atoms with Gasteiger partial charge in [-0.05, 0) is 36.4 Å². The Morgan fingerprint density at radius 2 is 1.89 bits per heavy atom. The van der Waals surface area contributed by atoms with Gasteiger partial charge in [0.25, 0.3) is 0 Å². The van der Waals surface area contributed by atoms with Gasteiger partial charge in [-0.2, -0.15) is 0 Å². The normalized spacial score (nSPS) is 10.8. The molecular formula is C14H12ClN3. The molecule has 1 N–H and O–H groups in total. The van der Waals surface area contributed by atoms with Crippen molar-refractivity contribution in [1.82, 2.24) is 9.38 Å². The van der Waals surface area contributed by atoms with Crippen LogP contribution in [0, 0.1) is 0 Å². The highest BCUT2D eigenvalue weighted by Crippen LogP contribution is 2.23. The number of aromatic nitrogens is 2. The van der Waals surface area contributed by atoms with Crippen LogP contribution in [0.4, 0.5) is 5.69 Å². The maximum Gasteiger partial charge on any atom is 0.144 e. The molecule has 0 unspecified atom stereocenters. The van der Waals surface area contributed by atoms with Crippen molar-refractivity contribution in [3.8, 4) is 11.4 Å². The molecule has 0 saturated heterocycles. The van der Waals surface area contributed by atoms with Crippen molar-refractivity contribution >= 4 is 22.8 Å². The lowest BCUT2D eigenvalue weighted by molar-refractivity contribution is 1.16. The van der Waals surface area contributed by atoms with E-state index in [9.17, 15) is 0 Å². The fourth-order valence-corrected chi connectivity index (χ4v) is 2.08. The van der Waals surface area contributed by atoms with E-state index in [0.717, 1.165) is 27.6 Å². The van der Waals surface area contributed by atoms with Gasteiger partial charge in [0.1, 0.15) is 5.82 Å². The summed E-state index contributed by atoms with van der Waals surface area (Å²) in [6.45, 7) is 0. The molecule has 4 heteroatoms. The fourth-order valence-electron chi connectivity index (χ4n) is 1.95. The number of fused-ring (bicyclic) bond motifs is 1. The Kier molecular flexibility index (Phi) is 2.68. The molecular weight excluding hydrogens is 246 g/mol. The summed E-state index contributed by atoms with van der Waals surface area (Å²) in [6, 6.07) is 11.8. The van der Waals surface area contributed by atoms with Crippen LogP contribution in [0.2, 0.25) is 5.02 Å². The third-order valence-corrected chi connectivity index (χ3v) is 3.17. The Morgan fingerprint density at radius 1 is 1.11 bits per heavy atom. The molecule has 3 aromatic rings. The molecule has 0 aliphatic rings. The van der Waals surface area contributed by atoms with E-state index < -0.39 is 0 Å². The number of pyridine rings is 1. The first-order valence-corrected chi connectivity index (χ1v) is 6.06. The van der Waals surface area contributed by atoms with Crippen LogP contribution >= 0.6 is 11.6 Å². The minimum atomic E-state index is 0.732. The summed E-state index contributed by atoms with van der Waals surface area (Å²) in [4.78, 5) is 4.46. The maximum absolute atomic E-state index is 5.90. The highest BCUT2D eigenvalue weighted by molar-refractivity contribution is 6.30. The smallest absolute Gasteiger partial charge is 0.144 e. The van der Waals surface area contributed by atoms with E-state index in [1.54, 1.807) is 0 Å². The van der Waals surface area contributed by atoms with Gasteiger partial charge >= 0.3 is 0 Å². The molecule has 0 saturated carbocycles. The molecule has 3 nitrogen and oxygen atoms in total. The first-order chi connectivity index (χ1) is 8.78. The Bertz CT molecular complexity index is 686. The Hall–Kier alpha value is -2.00. The molecule has 0 aliphatic carbocycles. The van der Waals surface area contributed by atoms with Gasteiger partial charge in [0, 0.05) is 23.8 Å². The number of hydrogen-bond acceptors (Lipinski definition) is 2. The number of halogens is 1. The first-order valence-electron chi connectivity index (χ1n) is 5.69. The van der Waals surface area contributed by atoms with Gasteiger partial charge in [0.2, 0.25) is 0 Å². The molecule has 3 rings (SSSR count). The van der Waals surface area contributed by atoms with E-state index in [1.807, 2.05) is 55.8 Å². The summed E-state index contributed by atoms with van der Waals surface area (Å²) in [7, 11) is 1.90. The fraction of sp³-hybridized carbons (Fsp3) is 0.0714. The standard InChI is InChI=1S/C14H12ClN3/c1-16-12-6-7-13-8-17-14(18(13)9-12)10-2-4-11(15)5-3-10/h2-9,16H,1H3. The largest absolute Gasteiger partial charge is 0.387 e. The zero-order chi connectivity index (χ0) is 12.5. The van der Waals surface area contributed by atoms with Crippen molar-refractivity contribution in [1.29, 1.82) is 0 Å². The second-order valence-electron chi connectivity index (χ2n) is 4.05. The summed E-state index contributed by atoms with van der Waals surface area (Å²) in [6.07, 6.45) is 3.90. The maximum atomic E-state index is 5.90. The minimum Gasteiger partial charge on any atom is -0.387 e. The highest BCUT2D eigenvalue weighted by Gasteiger charge is 2.06. The summed E-state index contributed by atoms with van der Waals surface area (Å²) >= 11 is 5.90. The number of benzene rings is 1.